The molecule has 2 aromatic carbocycles. The molecule has 0 aliphatic carbocycles. The molecule has 0 aliphatic rings. The van der Waals surface area contributed by atoms with Crippen molar-refractivity contribution in [1.82, 2.24) is 0 Å². The van der Waals surface area contributed by atoms with Gasteiger partial charge in [0.1, 0.15) is 6.42 Å². The molecule has 0 heterocycles. The highest BCUT2D eigenvalue weighted by Gasteiger charge is 1.96. The Morgan fingerprint density at radius 1 is 1.22 bits per heavy atom. The third-order valence-electron chi connectivity index (χ3n) is 2.56. The van der Waals surface area contributed by atoms with Crippen LogP contribution < -0.4 is 5.73 Å². The zero-order valence-corrected chi connectivity index (χ0v) is 10.1. The van der Waals surface area contributed by atoms with Gasteiger partial charge in [0, 0.05) is 11.3 Å². The molecule has 18 heavy (non-hydrogen) atoms. The molecule has 0 spiro atoms. The summed E-state index contributed by atoms with van der Waals surface area (Å²) in [4.78, 5) is 10.9. The Hall–Kier alpha value is -2.47. The number of carbonyl (C=O) groups is 1. The molecule has 2 rings (SSSR count). The van der Waals surface area contributed by atoms with E-state index >= 15 is 0 Å². The van der Waals surface area contributed by atoms with Crippen LogP contribution in [-0.4, -0.2) is 13.1 Å². The number of anilines is 1. The number of hydrogen-bond donors (Lipinski definition) is 1. The highest BCUT2D eigenvalue weighted by atomic mass is 16.5. The van der Waals surface area contributed by atoms with Crippen molar-refractivity contribution in [3.63, 3.8) is 0 Å². The van der Waals surface area contributed by atoms with Gasteiger partial charge in [0.15, 0.2) is 0 Å². The largest absolute Gasteiger partial charge is 0.468 e. The van der Waals surface area contributed by atoms with Crippen molar-refractivity contribution in [2.24, 2.45) is 0 Å². The van der Waals surface area contributed by atoms with Gasteiger partial charge in [-0.15, -0.1) is 0 Å². The molecule has 0 aliphatic heterocycles. The first kappa shape index (κ1) is 12.0. The molecule has 3 nitrogen and oxygen atoms in total. The average molecular weight is 239 g/mol. The number of rotatable bonds is 1. The lowest BCUT2D eigenvalue weighted by atomic mass is 10.1. The molecule has 2 N–H and O–H groups in total. The molecule has 0 bridgehead atoms. The number of nitrogen functional groups attached to an aromatic ring is 1. The summed E-state index contributed by atoms with van der Waals surface area (Å²) in [6.45, 7) is 0. The Balaban J connectivity index is 2.25. The number of carbonyl (C=O) groups excluding carboxylic acids is 1. The van der Waals surface area contributed by atoms with Crippen molar-refractivity contribution in [3.8, 4) is 11.8 Å². The van der Waals surface area contributed by atoms with Gasteiger partial charge < -0.3 is 10.5 Å². The number of fused-ring (bicyclic) bond motifs is 1. The molecule has 0 unspecified atom stereocenters. The zero-order chi connectivity index (χ0) is 13.0. The highest BCUT2D eigenvalue weighted by Crippen LogP contribution is 2.18. The molecular weight excluding hydrogens is 226 g/mol. The molecule has 0 atom stereocenters. The maximum absolute atomic E-state index is 10.9. The van der Waals surface area contributed by atoms with Gasteiger partial charge in [-0.2, -0.15) is 0 Å². The monoisotopic (exact) mass is 239 g/mol. The second kappa shape index (κ2) is 5.24. The summed E-state index contributed by atoms with van der Waals surface area (Å²) in [6, 6.07) is 11.6. The van der Waals surface area contributed by atoms with Crippen LogP contribution in [0, 0.1) is 11.8 Å². The first-order valence-electron chi connectivity index (χ1n) is 5.54. The van der Waals surface area contributed by atoms with Crippen LogP contribution in [0.25, 0.3) is 10.8 Å². The van der Waals surface area contributed by atoms with Gasteiger partial charge >= 0.3 is 5.97 Å². The lowest BCUT2D eigenvalue weighted by molar-refractivity contribution is -0.139. The number of ether oxygens (including phenoxy) is 1. The maximum atomic E-state index is 10.9. The summed E-state index contributed by atoms with van der Waals surface area (Å²) in [6.07, 6.45) is 0.107. The minimum absolute atomic E-state index is 0.107. The minimum atomic E-state index is -0.323. The summed E-state index contributed by atoms with van der Waals surface area (Å²) in [5, 5.41) is 2.16. The molecule has 0 saturated carbocycles. The Morgan fingerprint density at radius 2 is 1.94 bits per heavy atom. The summed E-state index contributed by atoms with van der Waals surface area (Å²) in [5.41, 5.74) is 7.33. The predicted molar refractivity (Wildman–Crippen MR) is 71.9 cm³/mol. The lowest BCUT2D eigenvalue weighted by Crippen LogP contribution is -1.96. The second-order valence-corrected chi connectivity index (χ2v) is 3.88. The van der Waals surface area contributed by atoms with Crippen LogP contribution in [0.5, 0.6) is 0 Å². The van der Waals surface area contributed by atoms with Crippen molar-refractivity contribution in [2.45, 2.75) is 6.42 Å². The number of hydrogen-bond acceptors (Lipinski definition) is 3. The van der Waals surface area contributed by atoms with E-state index < -0.39 is 0 Å². The predicted octanol–water partition coefficient (Wildman–Crippen LogP) is 2.34. The maximum Gasteiger partial charge on any atom is 0.317 e. The molecule has 3 heteroatoms. The molecule has 0 amide bonds. The Bertz CT molecular complexity index is 650. The number of benzene rings is 2. The van der Waals surface area contributed by atoms with Crippen LogP contribution in [0.4, 0.5) is 5.69 Å². The molecule has 0 aromatic heterocycles. The number of esters is 1. The van der Waals surface area contributed by atoms with Crippen LogP contribution in [0.1, 0.15) is 12.0 Å². The Labute approximate surface area is 106 Å². The van der Waals surface area contributed by atoms with E-state index in [2.05, 4.69) is 16.6 Å². The van der Waals surface area contributed by atoms with E-state index in [1.807, 2.05) is 36.4 Å². The van der Waals surface area contributed by atoms with Gasteiger partial charge in [0.25, 0.3) is 0 Å². The van der Waals surface area contributed by atoms with E-state index in [0.29, 0.717) is 0 Å². The van der Waals surface area contributed by atoms with Gasteiger partial charge in [-0.1, -0.05) is 24.0 Å². The topological polar surface area (TPSA) is 52.3 Å². The van der Waals surface area contributed by atoms with Crippen molar-refractivity contribution in [3.05, 3.63) is 42.0 Å². The van der Waals surface area contributed by atoms with Gasteiger partial charge in [-0.25, -0.2) is 0 Å². The van der Waals surface area contributed by atoms with Crippen LogP contribution in [-0.2, 0) is 9.53 Å². The normalized spacial score (nSPS) is 9.61. The number of methoxy groups -OCH3 is 1. The van der Waals surface area contributed by atoms with Gasteiger partial charge in [-0.3, -0.25) is 4.79 Å². The number of nitrogens with two attached hydrogens (primary N) is 1. The zero-order valence-electron chi connectivity index (χ0n) is 10.1. The van der Waals surface area contributed by atoms with E-state index in [1.54, 1.807) is 0 Å². The van der Waals surface area contributed by atoms with Gasteiger partial charge in [-0.05, 0) is 35.0 Å². The van der Waals surface area contributed by atoms with E-state index in [1.165, 1.54) is 7.11 Å². The first-order chi connectivity index (χ1) is 8.69. The van der Waals surface area contributed by atoms with E-state index in [-0.39, 0.29) is 12.4 Å². The van der Waals surface area contributed by atoms with Crippen LogP contribution in [0.2, 0.25) is 0 Å². The quantitative estimate of drug-likeness (QED) is 0.472. The molecule has 0 radical (unpaired) electrons. The first-order valence-corrected chi connectivity index (χ1v) is 5.54. The fraction of sp³-hybridized carbons (Fsp3) is 0.133. The smallest absolute Gasteiger partial charge is 0.317 e. The standard InChI is InChI=1S/C15H13NO2/c1-18-15(17)4-2-3-11-5-6-13-10-14(16)8-7-12(13)9-11/h5-10H,4,16H2,1H3. The second-order valence-electron chi connectivity index (χ2n) is 3.88. The van der Waals surface area contributed by atoms with Crippen LogP contribution in [0.15, 0.2) is 36.4 Å². The van der Waals surface area contributed by atoms with Crippen LogP contribution in [0.3, 0.4) is 0 Å². The van der Waals surface area contributed by atoms with E-state index in [9.17, 15) is 4.79 Å². The molecule has 2 aromatic rings. The molecule has 90 valence electrons. The van der Waals surface area contributed by atoms with E-state index in [4.69, 9.17) is 5.73 Å². The summed E-state index contributed by atoms with van der Waals surface area (Å²) in [5.74, 6) is 5.39. The fourth-order valence-electron chi connectivity index (χ4n) is 1.63. The minimum Gasteiger partial charge on any atom is -0.468 e. The van der Waals surface area contributed by atoms with Crippen molar-refractivity contribution >= 4 is 22.4 Å². The van der Waals surface area contributed by atoms with Crippen molar-refractivity contribution in [2.75, 3.05) is 12.8 Å². The van der Waals surface area contributed by atoms with Crippen molar-refractivity contribution in [1.29, 1.82) is 0 Å². The fourth-order valence-corrected chi connectivity index (χ4v) is 1.63. The Kier molecular flexibility index (Phi) is 3.49. The Morgan fingerprint density at radius 3 is 2.72 bits per heavy atom. The summed E-state index contributed by atoms with van der Waals surface area (Å²) >= 11 is 0. The molecular formula is C15H13NO2. The van der Waals surface area contributed by atoms with E-state index in [0.717, 1.165) is 22.0 Å². The lowest BCUT2D eigenvalue weighted by Gasteiger charge is -1.99. The summed E-state index contributed by atoms with van der Waals surface area (Å²) in [7, 11) is 1.35. The third kappa shape index (κ3) is 2.80. The molecule has 0 saturated heterocycles. The SMILES string of the molecule is COC(=O)CC#Cc1ccc2cc(N)ccc2c1. The summed E-state index contributed by atoms with van der Waals surface area (Å²) < 4.78 is 4.52. The van der Waals surface area contributed by atoms with Gasteiger partial charge in [0.2, 0.25) is 0 Å². The van der Waals surface area contributed by atoms with Crippen molar-refractivity contribution < 1.29 is 9.53 Å². The third-order valence-corrected chi connectivity index (χ3v) is 2.56. The van der Waals surface area contributed by atoms with Crippen LogP contribution >= 0.6 is 0 Å². The molecule has 0 fully saturated rings. The average Bonchev–Trinajstić information content (AvgIpc) is 2.38. The van der Waals surface area contributed by atoms with Gasteiger partial charge in [0.05, 0.1) is 7.11 Å². The highest BCUT2D eigenvalue weighted by molar-refractivity contribution is 5.86.